The van der Waals surface area contributed by atoms with E-state index in [2.05, 4.69) is 10.6 Å². The van der Waals surface area contributed by atoms with E-state index < -0.39 is 6.04 Å². The molecular weight excluding hydrogens is 248 g/mol. The van der Waals surface area contributed by atoms with Gasteiger partial charge < -0.3 is 14.8 Å². The van der Waals surface area contributed by atoms with Crippen LogP contribution in [0.25, 0.3) is 0 Å². The van der Waals surface area contributed by atoms with Crippen LogP contribution in [0.5, 0.6) is 0 Å². The summed E-state index contributed by atoms with van der Waals surface area (Å²) in [4.78, 5) is 23.3. The van der Waals surface area contributed by atoms with Crippen LogP contribution in [0.15, 0.2) is 0 Å². The van der Waals surface area contributed by atoms with Crippen LogP contribution in [0, 0.1) is 5.92 Å². The van der Waals surface area contributed by atoms with Crippen molar-refractivity contribution in [2.75, 3.05) is 26.9 Å². The largest absolute Gasteiger partial charge is 0.468 e. The van der Waals surface area contributed by atoms with Gasteiger partial charge in [-0.1, -0.05) is 13.8 Å². The van der Waals surface area contributed by atoms with E-state index in [1.807, 2.05) is 13.8 Å². The minimum Gasteiger partial charge on any atom is -0.468 e. The summed E-state index contributed by atoms with van der Waals surface area (Å²) in [6.45, 7) is 5.32. The third-order valence-corrected chi connectivity index (χ3v) is 3.19. The molecule has 0 saturated carbocycles. The number of esters is 1. The Kier molecular flexibility index (Phi) is 6.80. The molecule has 1 aliphatic rings. The molecule has 1 unspecified atom stereocenters. The quantitative estimate of drug-likeness (QED) is 0.669. The number of nitrogens with one attached hydrogen (secondary N) is 2. The van der Waals surface area contributed by atoms with Crippen molar-refractivity contribution in [3.63, 3.8) is 0 Å². The van der Waals surface area contributed by atoms with E-state index in [4.69, 9.17) is 9.47 Å². The molecule has 19 heavy (non-hydrogen) atoms. The van der Waals surface area contributed by atoms with Crippen molar-refractivity contribution in [2.24, 2.45) is 5.92 Å². The highest BCUT2D eigenvalue weighted by Gasteiger charge is 2.23. The second kappa shape index (κ2) is 8.12. The standard InChI is InChI=1S/C13H24N2O4/c1-9(2)12(13(17)18-3)14-8-11(16)15-10-4-6-19-7-5-10/h9-10,12,14H,4-8H2,1-3H3,(H,15,16). The lowest BCUT2D eigenvalue weighted by Crippen LogP contribution is -2.48. The highest BCUT2D eigenvalue weighted by Crippen LogP contribution is 2.06. The molecular formula is C13H24N2O4. The van der Waals surface area contributed by atoms with E-state index in [0.29, 0.717) is 13.2 Å². The van der Waals surface area contributed by atoms with Gasteiger partial charge in [0.1, 0.15) is 6.04 Å². The van der Waals surface area contributed by atoms with Crippen molar-refractivity contribution >= 4 is 11.9 Å². The predicted octanol–water partition coefficient (Wildman–Crippen LogP) is 0.0688. The van der Waals surface area contributed by atoms with Gasteiger partial charge in [-0.2, -0.15) is 0 Å². The molecule has 1 heterocycles. The third-order valence-electron chi connectivity index (χ3n) is 3.19. The van der Waals surface area contributed by atoms with Crippen LogP contribution in [0.1, 0.15) is 26.7 Å². The van der Waals surface area contributed by atoms with Gasteiger partial charge >= 0.3 is 5.97 Å². The van der Waals surface area contributed by atoms with Crippen molar-refractivity contribution in [2.45, 2.75) is 38.8 Å². The lowest BCUT2D eigenvalue weighted by molar-refractivity contribution is -0.144. The lowest BCUT2D eigenvalue weighted by atomic mass is 10.0. The molecule has 6 heteroatoms. The number of amides is 1. The number of rotatable bonds is 6. The number of methoxy groups -OCH3 is 1. The lowest BCUT2D eigenvalue weighted by Gasteiger charge is -2.24. The number of ether oxygens (including phenoxy) is 2. The van der Waals surface area contributed by atoms with Gasteiger partial charge in [-0.3, -0.25) is 14.9 Å². The van der Waals surface area contributed by atoms with E-state index in [9.17, 15) is 9.59 Å². The number of carbonyl (C=O) groups excluding carboxylic acids is 2. The Morgan fingerprint density at radius 3 is 2.47 bits per heavy atom. The van der Waals surface area contributed by atoms with E-state index >= 15 is 0 Å². The first-order valence-corrected chi connectivity index (χ1v) is 6.73. The Bertz CT molecular complexity index is 301. The van der Waals surface area contributed by atoms with Crippen LogP contribution >= 0.6 is 0 Å². The molecule has 0 aromatic carbocycles. The third kappa shape index (κ3) is 5.57. The van der Waals surface area contributed by atoms with Gasteiger partial charge in [0.25, 0.3) is 0 Å². The molecule has 0 bridgehead atoms. The Morgan fingerprint density at radius 2 is 1.95 bits per heavy atom. The van der Waals surface area contributed by atoms with E-state index in [1.54, 1.807) is 0 Å². The van der Waals surface area contributed by atoms with Gasteiger partial charge in [0, 0.05) is 19.3 Å². The summed E-state index contributed by atoms with van der Waals surface area (Å²) in [6, 6.07) is -0.274. The summed E-state index contributed by atoms with van der Waals surface area (Å²) < 4.78 is 9.94. The molecule has 1 rings (SSSR count). The summed E-state index contributed by atoms with van der Waals surface area (Å²) >= 11 is 0. The monoisotopic (exact) mass is 272 g/mol. The Hall–Kier alpha value is -1.14. The van der Waals surface area contributed by atoms with Crippen molar-refractivity contribution in [3.05, 3.63) is 0 Å². The zero-order valence-corrected chi connectivity index (χ0v) is 11.9. The van der Waals surface area contributed by atoms with Gasteiger partial charge in [0.2, 0.25) is 5.91 Å². The molecule has 1 saturated heterocycles. The van der Waals surface area contributed by atoms with E-state index in [0.717, 1.165) is 12.8 Å². The second-order valence-corrected chi connectivity index (χ2v) is 5.08. The van der Waals surface area contributed by atoms with Gasteiger partial charge in [0.05, 0.1) is 13.7 Å². The molecule has 0 aromatic rings. The molecule has 0 radical (unpaired) electrons. The summed E-state index contributed by atoms with van der Waals surface area (Å²) in [5, 5.41) is 5.88. The predicted molar refractivity (Wildman–Crippen MR) is 70.6 cm³/mol. The van der Waals surface area contributed by atoms with Crippen molar-refractivity contribution in [3.8, 4) is 0 Å². The molecule has 0 aromatic heterocycles. The summed E-state index contributed by atoms with van der Waals surface area (Å²) in [6.07, 6.45) is 1.69. The summed E-state index contributed by atoms with van der Waals surface area (Å²) in [7, 11) is 1.35. The maximum atomic E-state index is 11.8. The van der Waals surface area contributed by atoms with Gasteiger partial charge in [-0.05, 0) is 18.8 Å². The van der Waals surface area contributed by atoms with Crippen LogP contribution in [0.2, 0.25) is 0 Å². The van der Waals surface area contributed by atoms with Gasteiger partial charge in [-0.15, -0.1) is 0 Å². The fourth-order valence-corrected chi connectivity index (χ4v) is 2.04. The van der Waals surface area contributed by atoms with Crippen LogP contribution in [-0.2, 0) is 19.1 Å². The Morgan fingerprint density at radius 1 is 1.32 bits per heavy atom. The fourth-order valence-electron chi connectivity index (χ4n) is 2.04. The van der Waals surface area contributed by atoms with Gasteiger partial charge in [-0.25, -0.2) is 0 Å². The Labute approximate surface area is 114 Å². The SMILES string of the molecule is COC(=O)C(NCC(=O)NC1CCOCC1)C(C)C. The van der Waals surface area contributed by atoms with Crippen LogP contribution in [-0.4, -0.2) is 50.8 Å². The minimum atomic E-state index is -0.453. The van der Waals surface area contributed by atoms with Gasteiger partial charge in [0.15, 0.2) is 0 Å². The topological polar surface area (TPSA) is 76.7 Å². The molecule has 1 atom stereocenters. The molecule has 2 N–H and O–H groups in total. The average Bonchev–Trinajstić information content (AvgIpc) is 2.39. The molecule has 0 spiro atoms. The zero-order chi connectivity index (χ0) is 14.3. The second-order valence-electron chi connectivity index (χ2n) is 5.08. The first kappa shape index (κ1) is 15.9. The van der Waals surface area contributed by atoms with Crippen LogP contribution in [0.3, 0.4) is 0 Å². The maximum absolute atomic E-state index is 11.8. The minimum absolute atomic E-state index is 0.0725. The number of carbonyl (C=O) groups is 2. The van der Waals surface area contributed by atoms with E-state index in [-0.39, 0.29) is 30.4 Å². The maximum Gasteiger partial charge on any atom is 0.323 e. The number of hydrogen-bond acceptors (Lipinski definition) is 5. The Balaban J connectivity index is 2.32. The molecule has 110 valence electrons. The first-order valence-electron chi connectivity index (χ1n) is 6.73. The summed E-state index contributed by atoms with van der Waals surface area (Å²) in [5.41, 5.74) is 0. The average molecular weight is 272 g/mol. The summed E-state index contributed by atoms with van der Waals surface area (Å²) in [5.74, 6) is -0.362. The zero-order valence-electron chi connectivity index (χ0n) is 11.9. The van der Waals surface area contributed by atoms with Crippen molar-refractivity contribution in [1.82, 2.24) is 10.6 Å². The first-order chi connectivity index (χ1) is 9.04. The molecule has 6 nitrogen and oxygen atoms in total. The number of hydrogen-bond donors (Lipinski definition) is 2. The highest BCUT2D eigenvalue weighted by atomic mass is 16.5. The van der Waals surface area contributed by atoms with Crippen molar-refractivity contribution < 1.29 is 19.1 Å². The highest BCUT2D eigenvalue weighted by molar-refractivity contribution is 5.80. The molecule has 1 aliphatic heterocycles. The molecule has 0 aliphatic carbocycles. The molecule has 1 amide bonds. The van der Waals surface area contributed by atoms with Crippen molar-refractivity contribution in [1.29, 1.82) is 0 Å². The molecule has 1 fully saturated rings. The smallest absolute Gasteiger partial charge is 0.323 e. The van der Waals surface area contributed by atoms with Crippen LogP contribution < -0.4 is 10.6 Å². The normalized spacial score (nSPS) is 18.1. The van der Waals surface area contributed by atoms with E-state index in [1.165, 1.54) is 7.11 Å². The van der Waals surface area contributed by atoms with Crippen LogP contribution in [0.4, 0.5) is 0 Å². The fraction of sp³-hybridized carbons (Fsp3) is 0.846.